The molecule has 0 radical (unpaired) electrons. The summed E-state index contributed by atoms with van der Waals surface area (Å²) < 4.78 is 50.6. The molecular weight excluding hydrogens is 208 g/mol. The van der Waals surface area contributed by atoms with E-state index in [9.17, 15) is 17.6 Å². The summed E-state index contributed by atoms with van der Waals surface area (Å²) in [5.74, 6) is -6.66. The SMILES string of the molecule is CCc1c(F)c(F)c(F)c(F)c1Cl. The highest BCUT2D eigenvalue weighted by Crippen LogP contribution is 2.28. The summed E-state index contributed by atoms with van der Waals surface area (Å²) in [6, 6.07) is 0. The topological polar surface area (TPSA) is 0 Å². The molecule has 0 aliphatic heterocycles. The van der Waals surface area contributed by atoms with Crippen molar-refractivity contribution in [3.05, 3.63) is 33.9 Å². The van der Waals surface area contributed by atoms with Crippen LogP contribution in [0.2, 0.25) is 5.02 Å². The van der Waals surface area contributed by atoms with Gasteiger partial charge in [-0.05, 0) is 6.42 Å². The summed E-state index contributed by atoms with van der Waals surface area (Å²) in [4.78, 5) is 0. The maximum atomic E-state index is 12.8. The van der Waals surface area contributed by atoms with Crippen LogP contribution >= 0.6 is 11.6 Å². The monoisotopic (exact) mass is 212 g/mol. The number of hydrogen-bond donors (Lipinski definition) is 0. The molecule has 0 unspecified atom stereocenters. The zero-order chi connectivity index (χ0) is 10.2. The first-order chi connectivity index (χ1) is 6.00. The molecule has 0 saturated heterocycles. The summed E-state index contributed by atoms with van der Waals surface area (Å²) >= 11 is 5.25. The summed E-state index contributed by atoms with van der Waals surface area (Å²) in [6.07, 6.45) is -0.00120. The Labute approximate surface area is 77.1 Å². The van der Waals surface area contributed by atoms with Crippen molar-refractivity contribution in [3.63, 3.8) is 0 Å². The molecule has 0 aromatic heterocycles. The van der Waals surface area contributed by atoms with Crippen molar-refractivity contribution in [2.45, 2.75) is 13.3 Å². The molecule has 0 amide bonds. The molecule has 0 bridgehead atoms. The Bertz CT molecular complexity index is 319. The molecule has 1 aromatic carbocycles. The summed E-state index contributed by atoms with van der Waals surface area (Å²) in [5, 5.41) is -0.695. The van der Waals surface area contributed by atoms with Gasteiger partial charge in [-0.15, -0.1) is 0 Å². The molecule has 5 heteroatoms. The number of hydrogen-bond acceptors (Lipinski definition) is 0. The van der Waals surface area contributed by atoms with Crippen LogP contribution in [-0.2, 0) is 6.42 Å². The fourth-order valence-electron chi connectivity index (χ4n) is 0.961. The van der Waals surface area contributed by atoms with Crippen LogP contribution in [0.4, 0.5) is 17.6 Å². The van der Waals surface area contributed by atoms with Crippen LogP contribution < -0.4 is 0 Å². The van der Waals surface area contributed by atoms with E-state index < -0.39 is 28.3 Å². The van der Waals surface area contributed by atoms with Crippen molar-refractivity contribution in [1.29, 1.82) is 0 Å². The molecule has 0 nitrogen and oxygen atoms in total. The van der Waals surface area contributed by atoms with Crippen LogP contribution in [0, 0.1) is 23.3 Å². The van der Waals surface area contributed by atoms with Crippen molar-refractivity contribution in [2.24, 2.45) is 0 Å². The average Bonchev–Trinajstić information content (AvgIpc) is 2.13. The summed E-state index contributed by atoms with van der Waals surface area (Å²) in [6.45, 7) is 1.46. The Hall–Kier alpha value is -0.770. The zero-order valence-corrected chi connectivity index (χ0v) is 7.35. The summed E-state index contributed by atoms with van der Waals surface area (Å²) in [5.41, 5.74) is -0.349. The van der Waals surface area contributed by atoms with Gasteiger partial charge in [-0.25, -0.2) is 17.6 Å². The van der Waals surface area contributed by atoms with Crippen molar-refractivity contribution in [2.75, 3.05) is 0 Å². The Balaban J connectivity index is 3.56. The van der Waals surface area contributed by atoms with Crippen molar-refractivity contribution in [3.8, 4) is 0 Å². The molecule has 0 saturated carbocycles. The number of halogens is 5. The number of rotatable bonds is 1. The van der Waals surface area contributed by atoms with Gasteiger partial charge in [0.15, 0.2) is 23.3 Å². The first-order valence-electron chi connectivity index (χ1n) is 3.51. The highest BCUT2D eigenvalue weighted by Gasteiger charge is 2.22. The van der Waals surface area contributed by atoms with E-state index in [0.29, 0.717) is 0 Å². The second-order valence-corrected chi connectivity index (χ2v) is 2.78. The fourth-order valence-corrected chi connectivity index (χ4v) is 1.26. The molecule has 1 aromatic rings. The Morgan fingerprint density at radius 2 is 1.38 bits per heavy atom. The standard InChI is InChI=1S/C8H5ClF4/c1-2-3-4(9)6(11)8(13)7(12)5(3)10/h2H2,1H3. The molecule has 0 heterocycles. The predicted octanol–water partition coefficient (Wildman–Crippen LogP) is 3.46. The van der Waals surface area contributed by atoms with Crippen LogP contribution in [0.25, 0.3) is 0 Å². The van der Waals surface area contributed by atoms with Gasteiger partial charge in [-0.1, -0.05) is 18.5 Å². The zero-order valence-electron chi connectivity index (χ0n) is 6.60. The van der Waals surface area contributed by atoms with Gasteiger partial charge >= 0.3 is 0 Å². The third kappa shape index (κ3) is 1.50. The molecule has 72 valence electrons. The number of benzene rings is 1. The molecular formula is C8H5ClF4. The van der Waals surface area contributed by atoms with Gasteiger partial charge in [-0.2, -0.15) is 0 Å². The molecule has 0 aliphatic rings. The largest absolute Gasteiger partial charge is 0.203 e. The Morgan fingerprint density at radius 3 is 1.85 bits per heavy atom. The van der Waals surface area contributed by atoms with Crippen LogP contribution in [0.3, 0.4) is 0 Å². The molecule has 0 spiro atoms. The van der Waals surface area contributed by atoms with Crippen molar-refractivity contribution in [1.82, 2.24) is 0 Å². The molecule has 0 N–H and O–H groups in total. The lowest BCUT2D eigenvalue weighted by Gasteiger charge is -2.06. The molecule has 0 fully saturated rings. The van der Waals surface area contributed by atoms with E-state index in [0.717, 1.165) is 0 Å². The van der Waals surface area contributed by atoms with Crippen molar-refractivity contribution >= 4 is 11.6 Å². The van der Waals surface area contributed by atoms with Gasteiger partial charge in [0, 0.05) is 5.56 Å². The quantitative estimate of drug-likeness (QED) is 0.380. The highest BCUT2D eigenvalue weighted by atomic mass is 35.5. The molecule has 0 aliphatic carbocycles. The maximum Gasteiger partial charge on any atom is 0.199 e. The summed E-state index contributed by atoms with van der Waals surface area (Å²) in [7, 11) is 0. The van der Waals surface area contributed by atoms with E-state index in [4.69, 9.17) is 11.6 Å². The van der Waals surface area contributed by atoms with Gasteiger partial charge in [-0.3, -0.25) is 0 Å². The average molecular weight is 213 g/mol. The van der Waals surface area contributed by atoms with Gasteiger partial charge in [0.05, 0.1) is 5.02 Å². The van der Waals surface area contributed by atoms with Gasteiger partial charge < -0.3 is 0 Å². The minimum Gasteiger partial charge on any atom is -0.203 e. The minimum atomic E-state index is -1.88. The normalized spacial score (nSPS) is 10.6. The Kier molecular flexibility index (Phi) is 2.81. The minimum absolute atomic E-state index is 0.00120. The lowest BCUT2D eigenvalue weighted by Crippen LogP contribution is -2.02. The van der Waals surface area contributed by atoms with E-state index in [1.807, 2.05) is 0 Å². The second kappa shape index (κ2) is 3.54. The van der Waals surface area contributed by atoms with E-state index in [1.165, 1.54) is 6.92 Å². The van der Waals surface area contributed by atoms with Gasteiger partial charge in [0.25, 0.3) is 0 Å². The van der Waals surface area contributed by atoms with Crippen molar-refractivity contribution < 1.29 is 17.6 Å². The molecule has 0 atom stereocenters. The lowest BCUT2D eigenvalue weighted by atomic mass is 10.1. The van der Waals surface area contributed by atoms with Crippen LogP contribution in [0.1, 0.15) is 12.5 Å². The lowest BCUT2D eigenvalue weighted by molar-refractivity contribution is 0.404. The maximum absolute atomic E-state index is 12.8. The Morgan fingerprint density at radius 1 is 0.923 bits per heavy atom. The second-order valence-electron chi connectivity index (χ2n) is 2.40. The van der Waals surface area contributed by atoms with E-state index in [1.54, 1.807) is 0 Å². The van der Waals surface area contributed by atoms with Crippen LogP contribution in [0.15, 0.2) is 0 Å². The third-order valence-corrected chi connectivity index (χ3v) is 2.05. The molecule has 1 rings (SSSR count). The van der Waals surface area contributed by atoms with E-state index in [-0.39, 0.29) is 12.0 Å². The van der Waals surface area contributed by atoms with Crippen LogP contribution in [0.5, 0.6) is 0 Å². The highest BCUT2D eigenvalue weighted by molar-refractivity contribution is 6.31. The fraction of sp³-hybridized carbons (Fsp3) is 0.250. The molecule has 13 heavy (non-hydrogen) atoms. The van der Waals surface area contributed by atoms with Crippen LogP contribution in [-0.4, -0.2) is 0 Å². The smallest absolute Gasteiger partial charge is 0.199 e. The van der Waals surface area contributed by atoms with Gasteiger partial charge in [0.2, 0.25) is 0 Å². The van der Waals surface area contributed by atoms with E-state index in [2.05, 4.69) is 0 Å². The first-order valence-corrected chi connectivity index (χ1v) is 3.88. The first kappa shape index (κ1) is 10.3. The van der Waals surface area contributed by atoms with Gasteiger partial charge in [0.1, 0.15) is 0 Å². The third-order valence-electron chi connectivity index (χ3n) is 1.65. The van der Waals surface area contributed by atoms with E-state index >= 15 is 0 Å². The predicted molar refractivity (Wildman–Crippen MR) is 40.7 cm³/mol.